The Morgan fingerprint density at radius 2 is 2.16 bits per heavy atom. The quantitative estimate of drug-likeness (QED) is 0.905. The van der Waals surface area contributed by atoms with Gasteiger partial charge in [0, 0.05) is 31.9 Å². The summed E-state index contributed by atoms with van der Waals surface area (Å²) in [5, 5.41) is 9.05. The molecule has 0 bridgehead atoms. The maximum Gasteiger partial charge on any atom is 0.303 e. The van der Waals surface area contributed by atoms with Crippen LogP contribution in [0.4, 0.5) is 0 Å². The Bertz CT molecular complexity index is 431. The summed E-state index contributed by atoms with van der Waals surface area (Å²) in [6.45, 7) is 7.15. The van der Waals surface area contributed by atoms with Gasteiger partial charge in [0.2, 0.25) is 0 Å². The van der Waals surface area contributed by atoms with E-state index in [1.54, 1.807) is 12.4 Å². The third-order valence-corrected chi connectivity index (χ3v) is 4.23. The van der Waals surface area contributed by atoms with Crippen LogP contribution < -0.4 is 0 Å². The second kappa shape index (κ2) is 5.70. The Hall–Kier alpha value is -1.42. The van der Waals surface area contributed by atoms with E-state index in [1.165, 1.54) is 5.56 Å². The molecule has 1 aliphatic rings. The molecule has 1 atom stereocenters. The van der Waals surface area contributed by atoms with E-state index in [1.807, 2.05) is 12.1 Å². The Labute approximate surface area is 114 Å². The molecule has 0 amide bonds. The first-order valence-electron chi connectivity index (χ1n) is 6.80. The average Bonchev–Trinajstić information content (AvgIpc) is 2.34. The molecule has 2 rings (SSSR count). The molecule has 2 heterocycles. The van der Waals surface area contributed by atoms with Gasteiger partial charge in [0.15, 0.2) is 0 Å². The molecule has 1 aromatic rings. The van der Waals surface area contributed by atoms with Gasteiger partial charge in [0.05, 0.1) is 0 Å². The van der Waals surface area contributed by atoms with E-state index in [-0.39, 0.29) is 17.8 Å². The van der Waals surface area contributed by atoms with E-state index < -0.39 is 5.97 Å². The predicted octanol–water partition coefficient (Wildman–Crippen LogP) is 2.40. The van der Waals surface area contributed by atoms with Crippen molar-refractivity contribution in [2.45, 2.75) is 33.2 Å². The van der Waals surface area contributed by atoms with Crippen LogP contribution >= 0.6 is 0 Å². The molecule has 1 aliphatic heterocycles. The molecule has 1 unspecified atom stereocenters. The van der Waals surface area contributed by atoms with Crippen molar-refractivity contribution in [3.8, 4) is 0 Å². The summed E-state index contributed by atoms with van der Waals surface area (Å²) < 4.78 is 0. The standard InChI is InChI=1S/C15H22N2O2/c1-15(2)5-8-17(11-13(15)9-14(18)19)10-12-3-6-16-7-4-12/h3-4,6-7,13H,5,8-11H2,1-2H3,(H,18,19). The molecule has 0 radical (unpaired) electrons. The summed E-state index contributed by atoms with van der Waals surface area (Å²) in [7, 11) is 0. The van der Waals surface area contributed by atoms with Gasteiger partial charge < -0.3 is 5.11 Å². The first kappa shape index (κ1) is 14.0. The number of aliphatic carboxylic acids is 1. The molecule has 104 valence electrons. The largest absolute Gasteiger partial charge is 0.481 e. The number of piperidine rings is 1. The van der Waals surface area contributed by atoms with Crippen molar-refractivity contribution < 1.29 is 9.90 Å². The topological polar surface area (TPSA) is 53.4 Å². The van der Waals surface area contributed by atoms with Crippen molar-refractivity contribution in [2.75, 3.05) is 13.1 Å². The number of aromatic nitrogens is 1. The molecule has 0 aromatic carbocycles. The fourth-order valence-electron chi connectivity index (χ4n) is 2.74. The lowest BCUT2D eigenvalue weighted by atomic mass is 9.72. The number of nitrogens with zero attached hydrogens (tertiary/aromatic N) is 2. The van der Waals surface area contributed by atoms with Gasteiger partial charge in [-0.25, -0.2) is 0 Å². The molecule has 0 spiro atoms. The Morgan fingerprint density at radius 1 is 1.47 bits per heavy atom. The highest BCUT2D eigenvalue weighted by atomic mass is 16.4. The monoisotopic (exact) mass is 262 g/mol. The fraction of sp³-hybridized carbons (Fsp3) is 0.600. The number of carbonyl (C=O) groups is 1. The molecular formula is C15H22N2O2. The fourth-order valence-corrected chi connectivity index (χ4v) is 2.74. The van der Waals surface area contributed by atoms with E-state index in [4.69, 9.17) is 5.11 Å². The molecule has 1 saturated heterocycles. The van der Waals surface area contributed by atoms with E-state index >= 15 is 0 Å². The molecule has 1 aromatic heterocycles. The van der Waals surface area contributed by atoms with E-state index in [0.717, 1.165) is 26.1 Å². The molecule has 0 aliphatic carbocycles. The smallest absolute Gasteiger partial charge is 0.303 e. The van der Waals surface area contributed by atoms with E-state index in [9.17, 15) is 4.79 Å². The number of carboxylic acid groups (broad SMARTS) is 1. The Kier molecular flexibility index (Phi) is 4.20. The second-order valence-corrected chi connectivity index (χ2v) is 6.12. The zero-order valence-corrected chi connectivity index (χ0v) is 11.7. The van der Waals surface area contributed by atoms with Gasteiger partial charge in [0.1, 0.15) is 0 Å². The van der Waals surface area contributed by atoms with Gasteiger partial charge in [-0.2, -0.15) is 0 Å². The van der Waals surface area contributed by atoms with Crippen molar-refractivity contribution >= 4 is 5.97 Å². The molecule has 1 fully saturated rings. The van der Waals surface area contributed by atoms with Crippen LogP contribution in [0, 0.1) is 11.3 Å². The van der Waals surface area contributed by atoms with Gasteiger partial charge in [-0.3, -0.25) is 14.7 Å². The van der Waals surface area contributed by atoms with Crippen molar-refractivity contribution in [1.82, 2.24) is 9.88 Å². The number of rotatable bonds is 4. The lowest BCUT2D eigenvalue weighted by Gasteiger charge is -2.43. The molecule has 1 N–H and O–H groups in total. The van der Waals surface area contributed by atoms with Gasteiger partial charge in [-0.15, -0.1) is 0 Å². The number of hydrogen-bond acceptors (Lipinski definition) is 3. The number of likely N-dealkylation sites (tertiary alicyclic amines) is 1. The van der Waals surface area contributed by atoms with Crippen molar-refractivity contribution in [1.29, 1.82) is 0 Å². The normalized spacial score (nSPS) is 23.2. The number of carboxylic acids is 1. The van der Waals surface area contributed by atoms with E-state index in [0.29, 0.717) is 0 Å². The summed E-state index contributed by atoms with van der Waals surface area (Å²) in [6, 6.07) is 4.04. The van der Waals surface area contributed by atoms with Crippen LogP contribution in [0.3, 0.4) is 0 Å². The van der Waals surface area contributed by atoms with Crippen LogP contribution in [-0.2, 0) is 11.3 Å². The molecule has 4 nitrogen and oxygen atoms in total. The molecule has 4 heteroatoms. The van der Waals surface area contributed by atoms with Crippen LogP contribution in [0.2, 0.25) is 0 Å². The third kappa shape index (κ3) is 3.77. The van der Waals surface area contributed by atoms with Gasteiger partial charge in [-0.1, -0.05) is 13.8 Å². The van der Waals surface area contributed by atoms with Crippen LogP contribution in [0.15, 0.2) is 24.5 Å². The zero-order chi connectivity index (χ0) is 13.9. The molecule has 0 saturated carbocycles. The highest BCUT2D eigenvalue weighted by Crippen LogP contribution is 2.37. The van der Waals surface area contributed by atoms with Crippen molar-refractivity contribution in [2.24, 2.45) is 11.3 Å². The maximum absolute atomic E-state index is 11.0. The second-order valence-electron chi connectivity index (χ2n) is 6.12. The number of hydrogen-bond donors (Lipinski definition) is 1. The van der Waals surface area contributed by atoms with Gasteiger partial charge in [-0.05, 0) is 42.0 Å². The maximum atomic E-state index is 11.0. The minimum atomic E-state index is -0.691. The molecular weight excluding hydrogens is 240 g/mol. The van der Waals surface area contributed by atoms with Crippen molar-refractivity contribution in [3.63, 3.8) is 0 Å². The highest BCUT2D eigenvalue weighted by molar-refractivity contribution is 5.67. The summed E-state index contributed by atoms with van der Waals surface area (Å²) >= 11 is 0. The first-order chi connectivity index (χ1) is 8.97. The van der Waals surface area contributed by atoms with Crippen molar-refractivity contribution in [3.05, 3.63) is 30.1 Å². The Morgan fingerprint density at radius 3 is 2.79 bits per heavy atom. The lowest BCUT2D eigenvalue weighted by molar-refractivity contribution is -0.140. The lowest BCUT2D eigenvalue weighted by Crippen LogP contribution is -2.45. The van der Waals surface area contributed by atoms with Gasteiger partial charge in [0.25, 0.3) is 0 Å². The summed E-state index contributed by atoms with van der Waals surface area (Å²) in [5.74, 6) is -0.468. The minimum Gasteiger partial charge on any atom is -0.481 e. The summed E-state index contributed by atoms with van der Waals surface area (Å²) in [6.07, 6.45) is 4.92. The minimum absolute atomic E-state index is 0.118. The third-order valence-electron chi connectivity index (χ3n) is 4.23. The van der Waals surface area contributed by atoms with E-state index in [2.05, 4.69) is 23.7 Å². The predicted molar refractivity (Wildman–Crippen MR) is 73.7 cm³/mol. The van der Waals surface area contributed by atoms with Crippen LogP contribution in [-0.4, -0.2) is 34.0 Å². The summed E-state index contributed by atoms with van der Waals surface area (Å²) in [4.78, 5) is 17.4. The average molecular weight is 262 g/mol. The van der Waals surface area contributed by atoms with Crippen LogP contribution in [0.25, 0.3) is 0 Å². The SMILES string of the molecule is CC1(C)CCN(Cc2ccncc2)CC1CC(=O)O. The Balaban J connectivity index is 1.99. The number of pyridine rings is 1. The zero-order valence-electron chi connectivity index (χ0n) is 11.7. The molecule has 19 heavy (non-hydrogen) atoms. The van der Waals surface area contributed by atoms with Gasteiger partial charge >= 0.3 is 5.97 Å². The highest BCUT2D eigenvalue weighted by Gasteiger charge is 2.36. The first-order valence-corrected chi connectivity index (χ1v) is 6.80. The van der Waals surface area contributed by atoms with Crippen LogP contribution in [0.5, 0.6) is 0 Å². The van der Waals surface area contributed by atoms with Crippen LogP contribution in [0.1, 0.15) is 32.3 Å². The summed E-state index contributed by atoms with van der Waals surface area (Å²) in [5.41, 5.74) is 1.36.